The van der Waals surface area contributed by atoms with Crippen LogP contribution in [0, 0.1) is 18.7 Å². The number of carbonyl (C=O) groups is 1. The second-order valence-corrected chi connectivity index (χ2v) is 8.45. The molecule has 1 amide bonds. The molecule has 4 rings (SSSR count). The van der Waals surface area contributed by atoms with Gasteiger partial charge in [-0.1, -0.05) is 17.7 Å². The number of carbonyl (C=O) groups excluding carboxylic acids is 1. The molecule has 4 nitrogen and oxygen atoms in total. The summed E-state index contributed by atoms with van der Waals surface area (Å²) < 4.78 is 15.2. The number of anilines is 2. The summed E-state index contributed by atoms with van der Waals surface area (Å²) in [6.07, 6.45) is 3.25. The van der Waals surface area contributed by atoms with Crippen LogP contribution in [0.3, 0.4) is 0 Å². The molecule has 1 aromatic carbocycles. The summed E-state index contributed by atoms with van der Waals surface area (Å²) in [7, 11) is 0. The van der Waals surface area contributed by atoms with Crippen LogP contribution in [0.5, 0.6) is 0 Å². The summed E-state index contributed by atoms with van der Waals surface area (Å²) in [6, 6.07) is 8.82. The van der Waals surface area contributed by atoms with Crippen LogP contribution in [0.1, 0.15) is 17.7 Å². The van der Waals surface area contributed by atoms with Gasteiger partial charge in [0.1, 0.15) is 5.82 Å². The number of nitrogens with one attached hydrogen (secondary N) is 1. The van der Waals surface area contributed by atoms with Crippen LogP contribution in [-0.4, -0.2) is 24.0 Å². The topological polar surface area (TPSA) is 45.2 Å². The highest BCUT2D eigenvalue weighted by atomic mass is 35.5. The van der Waals surface area contributed by atoms with Crippen molar-refractivity contribution in [2.75, 3.05) is 23.3 Å². The second kappa shape index (κ2) is 7.44. The zero-order valence-corrected chi connectivity index (χ0v) is 16.4. The number of rotatable bonds is 3. The lowest BCUT2D eigenvalue weighted by Crippen LogP contribution is -2.38. The molecule has 3 aromatic rings. The molecule has 0 unspecified atom stereocenters. The lowest BCUT2D eigenvalue weighted by molar-refractivity contribution is -0.120. The lowest BCUT2D eigenvalue weighted by Gasteiger charge is -2.32. The Morgan fingerprint density at radius 1 is 1.33 bits per heavy atom. The van der Waals surface area contributed by atoms with E-state index < -0.39 is 5.82 Å². The molecular weight excluding hydrogens is 385 g/mol. The molecule has 0 spiro atoms. The van der Waals surface area contributed by atoms with E-state index in [9.17, 15) is 9.18 Å². The van der Waals surface area contributed by atoms with Crippen molar-refractivity contribution in [3.05, 3.63) is 52.2 Å². The van der Waals surface area contributed by atoms with Crippen LogP contribution in [0.4, 0.5) is 15.9 Å². The summed E-state index contributed by atoms with van der Waals surface area (Å²) >= 11 is 7.54. The summed E-state index contributed by atoms with van der Waals surface area (Å²) in [5.74, 6) is 0.0849. The quantitative estimate of drug-likeness (QED) is 0.649. The van der Waals surface area contributed by atoms with Gasteiger partial charge in [-0.2, -0.15) is 0 Å². The number of fused-ring (bicyclic) bond motifs is 1. The number of halogens is 2. The van der Waals surface area contributed by atoms with E-state index >= 15 is 0 Å². The van der Waals surface area contributed by atoms with E-state index in [0.717, 1.165) is 18.9 Å². The molecule has 27 heavy (non-hydrogen) atoms. The number of amides is 1. The van der Waals surface area contributed by atoms with Gasteiger partial charge in [-0.25, -0.2) is 9.37 Å². The maximum absolute atomic E-state index is 14.0. The number of hydrogen-bond acceptors (Lipinski definition) is 4. The summed E-state index contributed by atoms with van der Waals surface area (Å²) in [4.78, 5) is 20.6. The summed E-state index contributed by atoms with van der Waals surface area (Å²) in [5.41, 5.74) is 0.134. The molecule has 0 saturated carbocycles. The first-order valence-corrected chi connectivity index (χ1v) is 10.1. The van der Waals surface area contributed by atoms with Gasteiger partial charge < -0.3 is 10.2 Å². The molecule has 0 radical (unpaired) electrons. The highest BCUT2D eigenvalue weighted by Crippen LogP contribution is 2.33. The molecular formula is C20H19ClFN3OS. The minimum atomic E-state index is -0.589. The maximum atomic E-state index is 14.0. The Kier molecular flexibility index (Phi) is 5.02. The van der Waals surface area contributed by atoms with Crippen LogP contribution in [0.2, 0.25) is 5.02 Å². The number of piperidine rings is 1. The van der Waals surface area contributed by atoms with Crippen molar-refractivity contribution < 1.29 is 9.18 Å². The van der Waals surface area contributed by atoms with E-state index in [-0.39, 0.29) is 22.5 Å². The number of nitrogens with zero attached hydrogens (tertiary/aromatic N) is 2. The Bertz CT molecular complexity index is 998. The van der Waals surface area contributed by atoms with E-state index in [1.54, 1.807) is 17.4 Å². The molecule has 1 saturated heterocycles. The summed E-state index contributed by atoms with van der Waals surface area (Å²) in [5, 5.41) is 3.85. The van der Waals surface area contributed by atoms with Crippen molar-refractivity contribution in [3.63, 3.8) is 0 Å². The molecule has 2 aromatic heterocycles. The molecule has 3 heterocycles. The molecule has 0 atom stereocenters. The first-order valence-electron chi connectivity index (χ1n) is 8.88. The maximum Gasteiger partial charge on any atom is 0.227 e. The van der Waals surface area contributed by atoms with Gasteiger partial charge in [0.05, 0.1) is 10.7 Å². The molecule has 1 fully saturated rings. The third-order valence-corrected chi connectivity index (χ3v) is 6.23. The molecule has 1 aliphatic heterocycles. The van der Waals surface area contributed by atoms with Gasteiger partial charge in [-0.05, 0) is 44.0 Å². The Morgan fingerprint density at radius 2 is 2.11 bits per heavy atom. The van der Waals surface area contributed by atoms with Crippen molar-refractivity contribution >= 4 is 50.4 Å². The van der Waals surface area contributed by atoms with Gasteiger partial charge in [0, 0.05) is 40.2 Å². The SMILES string of the molecule is Cc1cc2c(N3CCC(C(=O)Nc4cccc(Cl)c4F)CC3)nccc2s1. The van der Waals surface area contributed by atoms with Crippen LogP contribution < -0.4 is 10.2 Å². The number of hydrogen-bond donors (Lipinski definition) is 1. The standard InChI is InChI=1S/C20H19ClFN3OS/c1-12-11-14-17(27-12)5-8-23-19(14)25-9-6-13(7-10-25)20(26)24-16-4-2-3-15(21)18(16)22/h2-5,8,11,13H,6-7,9-10H2,1H3,(H,24,26). The van der Waals surface area contributed by atoms with Crippen molar-refractivity contribution in [2.24, 2.45) is 5.92 Å². The number of aromatic nitrogens is 1. The summed E-state index contributed by atoms with van der Waals surface area (Å²) in [6.45, 7) is 3.59. The number of pyridine rings is 1. The van der Waals surface area contributed by atoms with E-state index in [1.807, 2.05) is 12.3 Å². The van der Waals surface area contributed by atoms with E-state index in [2.05, 4.69) is 28.2 Å². The van der Waals surface area contributed by atoms with Gasteiger partial charge in [-0.15, -0.1) is 11.3 Å². The van der Waals surface area contributed by atoms with Crippen LogP contribution in [-0.2, 0) is 4.79 Å². The smallest absolute Gasteiger partial charge is 0.227 e. The number of thiophene rings is 1. The molecule has 1 aliphatic rings. The van der Waals surface area contributed by atoms with Gasteiger partial charge in [0.2, 0.25) is 5.91 Å². The van der Waals surface area contributed by atoms with Gasteiger partial charge in [0.25, 0.3) is 0 Å². The van der Waals surface area contributed by atoms with Crippen molar-refractivity contribution in [1.82, 2.24) is 4.98 Å². The molecule has 7 heteroatoms. The second-order valence-electron chi connectivity index (χ2n) is 6.76. The molecule has 0 aliphatic carbocycles. The fourth-order valence-corrected chi connectivity index (χ4v) is 4.60. The van der Waals surface area contributed by atoms with E-state index in [0.29, 0.717) is 12.8 Å². The van der Waals surface area contributed by atoms with Gasteiger partial charge >= 0.3 is 0 Å². The zero-order chi connectivity index (χ0) is 19.0. The predicted molar refractivity (Wildman–Crippen MR) is 109 cm³/mol. The molecule has 0 bridgehead atoms. The first kappa shape index (κ1) is 18.2. The van der Waals surface area contributed by atoms with Crippen LogP contribution in [0.15, 0.2) is 36.5 Å². The van der Waals surface area contributed by atoms with Crippen molar-refractivity contribution in [1.29, 1.82) is 0 Å². The third-order valence-electron chi connectivity index (χ3n) is 4.92. The van der Waals surface area contributed by atoms with Gasteiger partial charge in [0.15, 0.2) is 5.82 Å². The average molecular weight is 404 g/mol. The van der Waals surface area contributed by atoms with Crippen molar-refractivity contribution in [2.45, 2.75) is 19.8 Å². The first-order chi connectivity index (χ1) is 13.0. The normalized spacial score (nSPS) is 15.3. The van der Waals surface area contributed by atoms with E-state index in [4.69, 9.17) is 11.6 Å². The minimum Gasteiger partial charge on any atom is -0.356 e. The molecule has 1 N–H and O–H groups in total. The van der Waals surface area contributed by atoms with Gasteiger partial charge in [-0.3, -0.25) is 4.79 Å². The Balaban J connectivity index is 1.44. The minimum absolute atomic E-state index is 0.00726. The van der Waals surface area contributed by atoms with Crippen LogP contribution in [0.25, 0.3) is 10.1 Å². The zero-order valence-electron chi connectivity index (χ0n) is 14.8. The van der Waals surface area contributed by atoms with Crippen LogP contribution >= 0.6 is 22.9 Å². The lowest BCUT2D eigenvalue weighted by atomic mass is 9.95. The highest BCUT2D eigenvalue weighted by Gasteiger charge is 2.27. The number of aryl methyl sites for hydroxylation is 1. The fourth-order valence-electron chi connectivity index (χ4n) is 3.52. The largest absolute Gasteiger partial charge is 0.356 e. The Hall–Kier alpha value is -2.18. The monoisotopic (exact) mass is 403 g/mol. The Labute approximate surface area is 166 Å². The molecule has 140 valence electrons. The Morgan fingerprint density at radius 3 is 2.89 bits per heavy atom. The fraction of sp³-hybridized carbons (Fsp3) is 0.300. The highest BCUT2D eigenvalue weighted by molar-refractivity contribution is 7.19. The average Bonchev–Trinajstić information content (AvgIpc) is 3.05. The van der Waals surface area contributed by atoms with Crippen molar-refractivity contribution in [3.8, 4) is 0 Å². The number of benzene rings is 1. The predicted octanol–water partition coefficient (Wildman–Crippen LogP) is 5.25. The van der Waals surface area contributed by atoms with E-state index in [1.165, 1.54) is 27.1 Å². The third kappa shape index (κ3) is 3.64.